The Balaban J connectivity index is 2.42. The predicted octanol–water partition coefficient (Wildman–Crippen LogP) is 5.11. The van der Waals surface area contributed by atoms with Crippen LogP contribution in [0.5, 0.6) is 0 Å². The molecule has 0 aliphatic carbocycles. The maximum atomic E-state index is 14.0. The lowest BCUT2D eigenvalue weighted by atomic mass is 10.2. The third-order valence-electron chi connectivity index (χ3n) is 2.40. The van der Waals surface area contributed by atoms with Crippen molar-refractivity contribution in [2.24, 2.45) is 0 Å². The van der Waals surface area contributed by atoms with Crippen molar-refractivity contribution < 1.29 is 8.78 Å². The molecule has 19 heavy (non-hydrogen) atoms. The molecule has 2 rings (SSSR count). The van der Waals surface area contributed by atoms with Gasteiger partial charge in [-0.15, -0.1) is 0 Å². The topological polar surface area (TPSA) is 35.8 Å². The minimum absolute atomic E-state index is 0.0513. The number of anilines is 2. The summed E-state index contributed by atoms with van der Waals surface area (Å²) in [6.07, 6.45) is 0. The highest BCUT2D eigenvalue weighted by molar-refractivity contribution is 9.10. The van der Waals surface area contributed by atoms with Crippen molar-refractivity contribution >= 4 is 43.2 Å². The summed E-state index contributed by atoms with van der Waals surface area (Å²) in [5, 5.41) is 11.4. The first-order valence-corrected chi connectivity index (χ1v) is 6.71. The van der Waals surface area contributed by atoms with Crippen LogP contribution in [0.1, 0.15) is 5.56 Å². The van der Waals surface area contributed by atoms with Gasteiger partial charge in [-0.3, -0.25) is 0 Å². The Labute approximate surface area is 125 Å². The van der Waals surface area contributed by atoms with Gasteiger partial charge in [0.1, 0.15) is 11.9 Å². The highest BCUT2D eigenvalue weighted by atomic mass is 79.9. The molecule has 0 unspecified atom stereocenters. The molecule has 0 aliphatic rings. The molecule has 2 aromatic rings. The van der Waals surface area contributed by atoms with Crippen LogP contribution in [-0.2, 0) is 0 Å². The molecule has 96 valence electrons. The van der Waals surface area contributed by atoms with Gasteiger partial charge in [-0.1, -0.05) is 15.9 Å². The highest BCUT2D eigenvalue weighted by Crippen LogP contribution is 2.30. The van der Waals surface area contributed by atoms with E-state index in [-0.39, 0.29) is 21.4 Å². The summed E-state index contributed by atoms with van der Waals surface area (Å²) in [5.74, 6) is -1.14. The van der Waals surface area contributed by atoms with E-state index in [1.54, 1.807) is 6.07 Å². The Bertz CT molecular complexity index is 681. The fraction of sp³-hybridized carbons (Fsp3) is 0. The van der Waals surface area contributed by atoms with Crippen LogP contribution in [0.3, 0.4) is 0 Å². The molecule has 0 saturated heterocycles. The van der Waals surface area contributed by atoms with Crippen molar-refractivity contribution in [2.45, 2.75) is 0 Å². The molecule has 0 fully saturated rings. The Kier molecular flexibility index (Phi) is 4.17. The largest absolute Gasteiger partial charge is 0.351 e. The Morgan fingerprint density at radius 1 is 1.05 bits per heavy atom. The fourth-order valence-electron chi connectivity index (χ4n) is 1.47. The van der Waals surface area contributed by atoms with Crippen LogP contribution in [0.25, 0.3) is 0 Å². The SMILES string of the molecule is N#Cc1ccc(Nc2cc(Br)ccc2F)c(F)c1Br. The van der Waals surface area contributed by atoms with E-state index in [9.17, 15) is 8.78 Å². The van der Waals surface area contributed by atoms with Crippen molar-refractivity contribution in [1.29, 1.82) is 5.26 Å². The van der Waals surface area contributed by atoms with Crippen molar-refractivity contribution in [3.8, 4) is 6.07 Å². The summed E-state index contributed by atoms with van der Waals surface area (Å²) in [7, 11) is 0. The molecule has 0 radical (unpaired) electrons. The monoisotopic (exact) mass is 386 g/mol. The van der Waals surface area contributed by atoms with Crippen LogP contribution in [-0.4, -0.2) is 0 Å². The number of nitriles is 1. The molecule has 0 amide bonds. The van der Waals surface area contributed by atoms with E-state index in [4.69, 9.17) is 5.26 Å². The maximum Gasteiger partial charge on any atom is 0.162 e. The number of benzene rings is 2. The van der Waals surface area contributed by atoms with Crippen LogP contribution in [0.2, 0.25) is 0 Å². The second kappa shape index (κ2) is 5.68. The first-order valence-electron chi connectivity index (χ1n) is 5.13. The van der Waals surface area contributed by atoms with E-state index in [0.717, 1.165) is 0 Å². The summed E-state index contributed by atoms with van der Waals surface area (Å²) in [4.78, 5) is 0. The number of halogens is 4. The zero-order valence-electron chi connectivity index (χ0n) is 9.35. The van der Waals surface area contributed by atoms with Crippen molar-refractivity contribution in [3.63, 3.8) is 0 Å². The molecular weight excluding hydrogens is 382 g/mol. The highest BCUT2D eigenvalue weighted by Gasteiger charge is 2.12. The number of nitrogens with zero attached hydrogens (tertiary/aromatic N) is 1. The summed E-state index contributed by atoms with van der Waals surface area (Å²) < 4.78 is 28.3. The summed E-state index contributed by atoms with van der Waals surface area (Å²) in [6.45, 7) is 0. The van der Waals surface area contributed by atoms with Gasteiger partial charge >= 0.3 is 0 Å². The molecule has 0 atom stereocenters. The van der Waals surface area contributed by atoms with Crippen molar-refractivity contribution in [3.05, 3.63) is 56.5 Å². The standard InChI is InChI=1S/C13H6Br2F2N2/c14-8-2-3-9(16)11(5-8)19-10-4-1-7(6-18)12(15)13(10)17/h1-5,19H. The number of hydrogen-bond acceptors (Lipinski definition) is 2. The fourth-order valence-corrected chi connectivity index (χ4v) is 2.27. The molecule has 0 aromatic heterocycles. The van der Waals surface area contributed by atoms with Gasteiger partial charge in [0.05, 0.1) is 21.4 Å². The normalized spacial score (nSPS) is 10.1. The predicted molar refractivity (Wildman–Crippen MR) is 76.2 cm³/mol. The van der Waals surface area contributed by atoms with E-state index in [1.807, 2.05) is 6.07 Å². The molecule has 1 N–H and O–H groups in total. The Morgan fingerprint density at radius 3 is 2.47 bits per heavy atom. The van der Waals surface area contributed by atoms with Gasteiger partial charge in [-0.25, -0.2) is 8.78 Å². The third-order valence-corrected chi connectivity index (χ3v) is 3.67. The van der Waals surface area contributed by atoms with Gasteiger partial charge in [-0.05, 0) is 46.3 Å². The van der Waals surface area contributed by atoms with E-state index in [1.165, 1.54) is 24.3 Å². The molecule has 2 nitrogen and oxygen atoms in total. The lowest BCUT2D eigenvalue weighted by Gasteiger charge is -2.10. The Morgan fingerprint density at radius 2 is 1.79 bits per heavy atom. The summed E-state index contributed by atoms with van der Waals surface area (Å²) in [6, 6.07) is 9.00. The molecule has 6 heteroatoms. The smallest absolute Gasteiger partial charge is 0.162 e. The third kappa shape index (κ3) is 2.94. The van der Waals surface area contributed by atoms with Crippen molar-refractivity contribution in [1.82, 2.24) is 0 Å². The van der Waals surface area contributed by atoms with Gasteiger partial charge in [0.2, 0.25) is 0 Å². The van der Waals surface area contributed by atoms with Gasteiger partial charge in [0.25, 0.3) is 0 Å². The average molecular weight is 388 g/mol. The molecule has 0 spiro atoms. The zero-order chi connectivity index (χ0) is 14.0. The minimum Gasteiger partial charge on any atom is -0.351 e. The molecule has 2 aromatic carbocycles. The number of hydrogen-bond donors (Lipinski definition) is 1. The van der Waals surface area contributed by atoms with E-state index >= 15 is 0 Å². The van der Waals surface area contributed by atoms with Gasteiger partial charge in [0.15, 0.2) is 5.82 Å². The lowest BCUT2D eigenvalue weighted by molar-refractivity contribution is 0.621. The van der Waals surface area contributed by atoms with E-state index in [0.29, 0.717) is 4.47 Å². The Hall–Kier alpha value is -1.45. The second-order valence-electron chi connectivity index (χ2n) is 3.65. The van der Waals surface area contributed by atoms with Gasteiger partial charge in [0, 0.05) is 4.47 Å². The molecule has 0 saturated carbocycles. The van der Waals surface area contributed by atoms with Crippen molar-refractivity contribution in [2.75, 3.05) is 5.32 Å². The molecule has 0 aliphatic heterocycles. The van der Waals surface area contributed by atoms with Crippen LogP contribution in [0, 0.1) is 23.0 Å². The second-order valence-corrected chi connectivity index (χ2v) is 5.36. The quantitative estimate of drug-likeness (QED) is 0.777. The van der Waals surface area contributed by atoms with Crippen LogP contribution in [0.15, 0.2) is 39.3 Å². The van der Waals surface area contributed by atoms with E-state index < -0.39 is 11.6 Å². The minimum atomic E-state index is -0.640. The summed E-state index contributed by atoms with van der Waals surface area (Å²) in [5.41, 5.74) is 0.408. The first kappa shape index (κ1) is 14.0. The number of nitrogens with one attached hydrogen (secondary N) is 1. The zero-order valence-corrected chi connectivity index (χ0v) is 12.5. The lowest BCUT2D eigenvalue weighted by Crippen LogP contribution is -1.98. The van der Waals surface area contributed by atoms with Gasteiger partial charge < -0.3 is 5.32 Å². The van der Waals surface area contributed by atoms with Crippen LogP contribution >= 0.6 is 31.9 Å². The maximum absolute atomic E-state index is 14.0. The van der Waals surface area contributed by atoms with Crippen LogP contribution in [0.4, 0.5) is 20.2 Å². The number of rotatable bonds is 2. The average Bonchev–Trinajstić information content (AvgIpc) is 2.39. The van der Waals surface area contributed by atoms with Gasteiger partial charge in [-0.2, -0.15) is 5.26 Å². The first-order chi connectivity index (χ1) is 9.02. The molecular formula is C13H6Br2F2N2. The summed E-state index contributed by atoms with van der Waals surface area (Å²) >= 11 is 6.21. The molecule has 0 bridgehead atoms. The van der Waals surface area contributed by atoms with Crippen LogP contribution < -0.4 is 5.32 Å². The molecule has 0 heterocycles. The van der Waals surface area contributed by atoms with E-state index in [2.05, 4.69) is 37.2 Å².